The lowest BCUT2D eigenvalue weighted by molar-refractivity contribution is 0.0940. The van der Waals surface area contributed by atoms with Crippen LogP contribution < -0.4 is 5.32 Å². The second kappa shape index (κ2) is 9.32. The van der Waals surface area contributed by atoms with Gasteiger partial charge in [0.1, 0.15) is 12.1 Å². The Hall–Kier alpha value is -3.63. The van der Waals surface area contributed by atoms with E-state index in [0.29, 0.717) is 11.3 Å². The third-order valence-electron chi connectivity index (χ3n) is 5.19. The molecular formula is C23H19ClFN5O3S. The smallest absolute Gasteiger partial charge is 0.251 e. The molecule has 0 fully saturated rings. The van der Waals surface area contributed by atoms with Gasteiger partial charge in [0.05, 0.1) is 16.6 Å². The Labute approximate surface area is 200 Å². The highest BCUT2D eigenvalue weighted by molar-refractivity contribution is 7.90. The van der Waals surface area contributed by atoms with Gasteiger partial charge in [-0.3, -0.25) is 4.79 Å². The van der Waals surface area contributed by atoms with Crippen LogP contribution in [-0.2, 0) is 9.84 Å². The quantitative estimate of drug-likeness (QED) is 0.429. The van der Waals surface area contributed by atoms with E-state index in [4.69, 9.17) is 11.6 Å². The van der Waals surface area contributed by atoms with Gasteiger partial charge in [-0.1, -0.05) is 23.7 Å². The molecule has 1 amide bonds. The Balaban J connectivity index is 1.67. The molecule has 11 heteroatoms. The van der Waals surface area contributed by atoms with Crippen LogP contribution in [0, 0.1) is 5.82 Å². The fraction of sp³-hybridized carbons (Fsp3) is 0.130. The number of hydrogen-bond donors (Lipinski definition) is 1. The molecule has 34 heavy (non-hydrogen) atoms. The maximum atomic E-state index is 14.6. The van der Waals surface area contributed by atoms with E-state index in [1.165, 1.54) is 35.3 Å². The fourth-order valence-corrected chi connectivity index (χ4v) is 4.19. The fourth-order valence-electron chi connectivity index (χ4n) is 3.40. The number of tetrazole rings is 1. The van der Waals surface area contributed by atoms with Gasteiger partial charge in [-0.05, 0) is 77.0 Å². The summed E-state index contributed by atoms with van der Waals surface area (Å²) in [6.45, 7) is 1.78. The van der Waals surface area contributed by atoms with Crippen molar-refractivity contribution in [1.82, 2.24) is 25.5 Å². The standard InChI is InChI=1S/C23H19ClFN5O3S/c1-14(15-3-6-20(7-4-15)34(2,32)33)27-23(31)17-9-16(21-8-5-18(24)12-22(21)25)10-19(11-17)30-13-26-28-29-30/h3-14H,1-2H3,(H,27,31). The molecular weight excluding hydrogens is 481 g/mol. The monoisotopic (exact) mass is 499 g/mol. The lowest BCUT2D eigenvalue weighted by atomic mass is 10.0. The molecule has 1 atom stereocenters. The Bertz CT molecular complexity index is 1460. The predicted octanol–water partition coefficient (Wildman–Crippen LogP) is 4.02. The number of carbonyl (C=O) groups is 1. The minimum atomic E-state index is -3.32. The minimum absolute atomic E-state index is 0.193. The summed E-state index contributed by atoms with van der Waals surface area (Å²) < 4.78 is 39.3. The zero-order valence-corrected chi connectivity index (χ0v) is 19.7. The Morgan fingerprint density at radius 1 is 1.09 bits per heavy atom. The summed E-state index contributed by atoms with van der Waals surface area (Å²) in [5.41, 5.74) is 2.15. The number of nitrogens with zero attached hydrogens (tertiary/aromatic N) is 4. The highest BCUT2D eigenvalue weighted by atomic mass is 35.5. The zero-order chi connectivity index (χ0) is 24.5. The molecule has 1 unspecified atom stereocenters. The summed E-state index contributed by atoms with van der Waals surface area (Å²) in [6, 6.07) is 15.0. The normalized spacial score (nSPS) is 12.4. The summed E-state index contributed by atoms with van der Waals surface area (Å²) in [5, 5.41) is 14.2. The van der Waals surface area contributed by atoms with Crippen molar-refractivity contribution in [3.05, 3.63) is 89.0 Å². The van der Waals surface area contributed by atoms with E-state index in [1.54, 1.807) is 43.3 Å². The van der Waals surface area contributed by atoms with Crippen LogP contribution >= 0.6 is 11.6 Å². The third-order valence-corrected chi connectivity index (χ3v) is 6.56. The zero-order valence-electron chi connectivity index (χ0n) is 18.1. The molecule has 3 aromatic carbocycles. The molecule has 0 radical (unpaired) electrons. The van der Waals surface area contributed by atoms with Crippen LogP contribution in [0.15, 0.2) is 71.9 Å². The number of aromatic nitrogens is 4. The first kappa shape index (κ1) is 23.5. The highest BCUT2D eigenvalue weighted by Crippen LogP contribution is 2.28. The molecule has 0 saturated heterocycles. The lowest BCUT2D eigenvalue weighted by Crippen LogP contribution is -2.26. The van der Waals surface area contributed by atoms with Crippen molar-refractivity contribution in [2.45, 2.75) is 17.9 Å². The first-order valence-corrected chi connectivity index (χ1v) is 12.3. The van der Waals surface area contributed by atoms with E-state index in [9.17, 15) is 17.6 Å². The van der Waals surface area contributed by atoms with E-state index < -0.39 is 27.6 Å². The van der Waals surface area contributed by atoms with E-state index in [-0.39, 0.29) is 21.0 Å². The topological polar surface area (TPSA) is 107 Å². The summed E-state index contributed by atoms with van der Waals surface area (Å²) in [4.78, 5) is 13.3. The van der Waals surface area contributed by atoms with E-state index in [0.717, 1.165) is 11.8 Å². The summed E-state index contributed by atoms with van der Waals surface area (Å²) in [5.74, 6) is -0.947. The van der Waals surface area contributed by atoms with Gasteiger partial charge in [-0.2, -0.15) is 0 Å². The Morgan fingerprint density at radius 3 is 2.44 bits per heavy atom. The molecule has 4 rings (SSSR count). The number of hydrogen-bond acceptors (Lipinski definition) is 6. The average molecular weight is 500 g/mol. The molecule has 0 aliphatic rings. The van der Waals surface area contributed by atoms with Crippen molar-refractivity contribution >= 4 is 27.3 Å². The number of nitrogens with one attached hydrogen (secondary N) is 1. The molecule has 0 bridgehead atoms. The number of carbonyl (C=O) groups excluding carboxylic acids is 1. The Morgan fingerprint density at radius 2 is 1.82 bits per heavy atom. The molecule has 8 nitrogen and oxygen atoms in total. The molecule has 1 aromatic heterocycles. The van der Waals surface area contributed by atoms with Crippen LogP contribution in [0.3, 0.4) is 0 Å². The number of rotatable bonds is 6. The summed E-state index contributed by atoms with van der Waals surface area (Å²) >= 11 is 5.88. The van der Waals surface area contributed by atoms with Gasteiger partial charge < -0.3 is 5.32 Å². The summed E-state index contributed by atoms with van der Waals surface area (Å²) in [7, 11) is -3.32. The highest BCUT2D eigenvalue weighted by Gasteiger charge is 2.17. The van der Waals surface area contributed by atoms with Crippen molar-refractivity contribution < 1.29 is 17.6 Å². The molecule has 1 heterocycles. The number of halogens is 2. The average Bonchev–Trinajstić information content (AvgIpc) is 3.33. The predicted molar refractivity (Wildman–Crippen MR) is 125 cm³/mol. The van der Waals surface area contributed by atoms with Crippen molar-refractivity contribution in [3.63, 3.8) is 0 Å². The Kier molecular flexibility index (Phi) is 6.45. The molecule has 174 valence electrons. The second-order valence-electron chi connectivity index (χ2n) is 7.68. The largest absolute Gasteiger partial charge is 0.346 e. The van der Waals surface area contributed by atoms with Crippen LogP contribution in [0.1, 0.15) is 28.9 Å². The van der Waals surface area contributed by atoms with Gasteiger partial charge in [0.15, 0.2) is 9.84 Å². The van der Waals surface area contributed by atoms with Gasteiger partial charge in [0, 0.05) is 22.4 Å². The van der Waals surface area contributed by atoms with Crippen LogP contribution in [0.5, 0.6) is 0 Å². The molecule has 0 saturated carbocycles. The van der Waals surface area contributed by atoms with E-state index in [1.807, 2.05) is 0 Å². The van der Waals surface area contributed by atoms with Gasteiger partial charge in [0.25, 0.3) is 5.91 Å². The first-order valence-electron chi connectivity index (χ1n) is 10.1. The maximum absolute atomic E-state index is 14.6. The molecule has 4 aromatic rings. The molecule has 0 aliphatic carbocycles. The maximum Gasteiger partial charge on any atom is 0.251 e. The summed E-state index contributed by atoms with van der Waals surface area (Å²) in [6.07, 6.45) is 2.50. The van der Waals surface area contributed by atoms with Gasteiger partial charge in [0.2, 0.25) is 0 Å². The third kappa shape index (κ3) is 5.13. The first-order chi connectivity index (χ1) is 16.1. The van der Waals surface area contributed by atoms with Crippen LogP contribution in [0.2, 0.25) is 5.02 Å². The van der Waals surface area contributed by atoms with Crippen LogP contribution in [0.4, 0.5) is 4.39 Å². The van der Waals surface area contributed by atoms with Crippen molar-refractivity contribution in [2.24, 2.45) is 0 Å². The van der Waals surface area contributed by atoms with Gasteiger partial charge >= 0.3 is 0 Å². The molecule has 0 aliphatic heterocycles. The SMILES string of the molecule is CC(NC(=O)c1cc(-c2ccc(Cl)cc2F)cc(-n2cnnn2)c1)c1ccc(S(C)(=O)=O)cc1. The molecule has 0 spiro atoms. The van der Waals surface area contributed by atoms with Crippen LogP contribution in [0.25, 0.3) is 16.8 Å². The van der Waals surface area contributed by atoms with Gasteiger partial charge in [-0.15, -0.1) is 5.10 Å². The minimum Gasteiger partial charge on any atom is -0.346 e. The number of sulfone groups is 1. The van der Waals surface area contributed by atoms with Crippen molar-refractivity contribution in [2.75, 3.05) is 6.26 Å². The molecule has 1 N–H and O–H groups in total. The van der Waals surface area contributed by atoms with E-state index in [2.05, 4.69) is 20.8 Å². The van der Waals surface area contributed by atoms with Crippen LogP contribution in [-0.4, -0.2) is 40.8 Å². The number of benzene rings is 3. The van der Waals surface area contributed by atoms with Crippen molar-refractivity contribution in [1.29, 1.82) is 0 Å². The van der Waals surface area contributed by atoms with Gasteiger partial charge in [-0.25, -0.2) is 17.5 Å². The lowest BCUT2D eigenvalue weighted by Gasteiger charge is -2.16. The second-order valence-corrected chi connectivity index (χ2v) is 10.1. The van der Waals surface area contributed by atoms with E-state index >= 15 is 0 Å². The van der Waals surface area contributed by atoms with Crippen molar-refractivity contribution in [3.8, 4) is 16.8 Å². The number of amides is 1.